The van der Waals surface area contributed by atoms with Crippen LogP contribution in [0.15, 0.2) is 48.5 Å². The number of rotatable bonds is 5. The largest absolute Gasteiger partial charge is 0.482 e. The molecule has 11 heteroatoms. The van der Waals surface area contributed by atoms with Crippen LogP contribution in [0.4, 0.5) is 13.2 Å². The van der Waals surface area contributed by atoms with Gasteiger partial charge in [-0.25, -0.2) is 4.98 Å². The predicted octanol–water partition coefficient (Wildman–Crippen LogP) is 2.70. The highest BCUT2D eigenvalue weighted by Crippen LogP contribution is 2.32. The maximum absolute atomic E-state index is 12.9. The van der Waals surface area contributed by atoms with E-state index in [9.17, 15) is 33.3 Å². The molecule has 1 aromatic heterocycles. The van der Waals surface area contributed by atoms with Crippen LogP contribution >= 0.6 is 11.3 Å². The first-order valence-electron chi connectivity index (χ1n) is 9.86. The van der Waals surface area contributed by atoms with Gasteiger partial charge in [0.05, 0.1) is 22.4 Å². The highest BCUT2D eigenvalue weighted by Gasteiger charge is 2.33. The summed E-state index contributed by atoms with van der Waals surface area (Å²) in [5.74, 6) is -0.264. The first kappa shape index (κ1) is 23.2. The number of aromatic nitrogens is 1. The van der Waals surface area contributed by atoms with Crippen molar-refractivity contribution in [3.8, 4) is 0 Å². The van der Waals surface area contributed by atoms with Crippen molar-refractivity contribution in [2.45, 2.75) is 31.0 Å². The van der Waals surface area contributed by atoms with E-state index in [0.717, 1.165) is 16.8 Å². The molecule has 0 bridgehead atoms. The van der Waals surface area contributed by atoms with Crippen molar-refractivity contribution in [3.05, 3.63) is 70.2 Å². The monoisotopic (exact) mass is 480 g/mol. The zero-order valence-electron chi connectivity index (χ0n) is 16.9. The molecule has 7 nitrogen and oxygen atoms in total. The molecule has 1 aliphatic heterocycles. The van der Waals surface area contributed by atoms with E-state index in [4.69, 9.17) is 4.74 Å². The van der Waals surface area contributed by atoms with Crippen molar-refractivity contribution >= 4 is 33.2 Å². The summed E-state index contributed by atoms with van der Waals surface area (Å²) in [5.41, 5.74) is 0.280. The van der Waals surface area contributed by atoms with Gasteiger partial charge in [-0.05, 0) is 42.0 Å². The number of aliphatic hydroxyl groups excluding tert-OH is 3. The number of benzene rings is 2. The van der Waals surface area contributed by atoms with Gasteiger partial charge in [0.1, 0.15) is 12.2 Å². The molecule has 33 heavy (non-hydrogen) atoms. The molecule has 0 unspecified atom stereocenters. The van der Waals surface area contributed by atoms with Crippen LogP contribution in [-0.2, 0) is 17.5 Å². The van der Waals surface area contributed by atoms with Gasteiger partial charge in [0.25, 0.3) is 5.91 Å². The predicted molar refractivity (Wildman–Crippen MR) is 114 cm³/mol. The van der Waals surface area contributed by atoms with Gasteiger partial charge in [0, 0.05) is 12.1 Å². The van der Waals surface area contributed by atoms with E-state index in [-0.39, 0.29) is 17.9 Å². The van der Waals surface area contributed by atoms with Gasteiger partial charge in [0.15, 0.2) is 16.9 Å². The number of nitrogens with zero attached hydrogens (tertiary/aromatic N) is 1. The molecule has 0 fully saturated rings. The summed E-state index contributed by atoms with van der Waals surface area (Å²) >= 11 is 1.24. The minimum absolute atomic E-state index is 0.0768. The lowest BCUT2D eigenvalue weighted by atomic mass is 10.0. The fourth-order valence-electron chi connectivity index (χ4n) is 3.33. The average molecular weight is 480 g/mol. The van der Waals surface area contributed by atoms with Crippen LogP contribution in [0.25, 0.3) is 16.0 Å². The molecule has 1 amide bonds. The normalized spacial score (nSPS) is 20.9. The van der Waals surface area contributed by atoms with Crippen LogP contribution < -0.4 is 5.32 Å². The molecule has 4 N–H and O–H groups in total. The number of amides is 1. The lowest BCUT2D eigenvalue weighted by molar-refractivity contribution is -0.137. The van der Waals surface area contributed by atoms with Crippen LogP contribution in [0.1, 0.15) is 26.5 Å². The smallest absolute Gasteiger partial charge is 0.416 e. The molecule has 0 saturated carbocycles. The minimum Gasteiger partial charge on any atom is -0.482 e. The fraction of sp³-hybridized carbons (Fsp3) is 0.273. The Labute approximate surface area is 189 Å². The highest BCUT2D eigenvalue weighted by molar-refractivity contribution is 7.19. The number of hydrogen-bond donors (Lipinski definition) is 4. The topological polar surface area (TPSA) is 112 Å². The van der Waals surface area contributed by atoms with E-state index >= 15 is 0 Å². The number of thiazole rings is 1. The zero-order valence-corrected chi connectivity index (χ0v) is 17.7. The molecule has 0 spiro atoms. The second kappa shape index (κ2) is 9.10. The third-order valence-electron chi connectivity index (χ3n) is 5.08. The number of carbonyl (C=O) groups is 1. The number of halogens is 3. The Morgan fingerprint density at radius 1 is 1.18 bits per heavy atom. The van der Waals surface area contributed by atoms with Crippen molar-refractivity contribution < 1.29 is 38.0 Å². The van der Waals surface area contributed by atoms with Crippen LogP contribution in [-0.4, -0.2) is 51.1 Å². The molecule has 2 aromatic carbocycles. The highest BCUT2D eigenvalue weighted by atomic mass is 32.1. The molecule has 4 rings (SSSR count). The molecular weight excluding hydrogens is 461 g/mol. The van der Waals surface area contributed by atoms with Crippen LogP contribution in [0.3, 0.4) is 0 Å². The first-order chi connectivity index (χ1) is 15.7. The Balaban J connectivity index is 1.50. The third kappa shape index (κ3) is 5.01. The van der Waals surface area contributed by atoms with Gasteiger partial charge in [0.2, 0.25) is 0 Å². The third-order valence-corrected chi connectivity index (χ3v) is 6.13. The zero-order chi connectivity index (χ0) is 23.8. The maximum atomic E-state index is 12.9. The Hall–Kier alpha value is -2.99. The lowest BCUT2D eigenvalue weighted by Crippen LogP contribution is -2.43. The van der Waals surface area contributed by atoms with Gasteiger partial charge >= 0.3 is 6.18 Å². The van der Waals surface area contributed by atoms with Crippen LogP contribution in [0.5, 0.6) is 0 Å². The van der Waals surface area contributed by atoms with E-state index < -0.39 is 42.6 Å². The first-order valence-corrected chi connectivity index (χ1v) is 10.7. The Morgan fingerprint density at radius 3 is 2.70 bits per heavy atom. The molecule has 0 aliphatic carbocycles. The van der Waals surface area contributed by atoms with Gasteiger partial charge < -0.3 is 25.4 Å². The number of nitrogens with one attached hydrogen (secondary N) is 1. The summed E-state index contributed by atoms with van der Waals surface area (Å²) in [6.45, 7) is -0.566. The average Bonchev–Trinajstić information content (AvgIpc) is 3.22. The summed E-state index contributed by atoms with van der Waals surface area (Å²) in [4.78, 5) is 16.9. The standard InChI is InChI=1S/C22H19F3N2O5S/c23-22(24,25)13-3-1-2-11(6-13)9-26-20(31)12-4-5-18-14(7-12)27-21(33-18)16-8-15(29)19(30)17(10-28)32-16/h1-8,15,17,19,28-30H,9-10H2,(H,26,31)/t15-,17-,19-/m1/s1. The van der Waals surface area contributed by atoms with Gasteiger partial charge in [-0.1, -0.05) is 12.1 Å². The quantitative estimate of drug-likeness (QED) is 0.447. The number of fused-ring (bicyclic) bond motifs is 1. The summed E-state index contributed by atoms with van der Waals surface area (Å²) in [7, 11) is 0. The van der Waals surface area contributed by atoms with Crippen molar-refractivity contribution in [2.75, 3.05) is 6.61 Å². The van der Waals surface area contributed by atoms with E-state index in [2.05, 4.69) is 10.3 Å². The van der Waals surface area contributed by atoms with E-state index in [1.807, 2.05) is 0 Å². The molecule has 3 aromatic rings. The number of ether oxygens (including phenoxy) is 1. The minimum atomic E-state index is -4.46. The molecule has 1 aliphatic rings. The van der Waals surface area contributed by atoms with Crippen LogP contribution in [0.2, 0.25) is 0 Å². The Morgan fingerprint density at radius 2 is 1.97 bits per heavy atom. The summed E-state index contributed by atoms with van der Waals surface area (Å²) in [5, 5.41) is 32.1. The fourth-order valence-corrected chi connectivity index (χ4v) is 4.24. The van der Waals surface area contributed by atoms with Crippen LogP contribution in [0, 0.1) is 0 Å². The molecule has 0 radical (unpaired) electrons. The lowest BCUT2D eigenvalue weighted by Gasteiger charge is -2.30. The molecular formula is C22H19F3N2O5S. The number of aliphatic hydroxyl groups is 3. The summed E-state index contributed by atoms with van der Waals surface area (Å²) in [6.07, 6.45) is -6.65. The maximum Gasteiger partial charge on any atom is 0.416 e. The van der Waals surface area contributed by atoms with E-state index in [0.29, 0.717) is 16.1 Å². The summed E-state index contributed by atoms with van der Waals surface area (Å²) < 4.78 is 44.8. The Kier molecular flexibility index (Phi) is 6.39. The molecule has 2 heterocycles. The van der Waals surface area contributed by atoms with Crippen molar-refractivity contribution in [1.29, 1.82) is 0 Å². The number of carbonyl (C=O) groups excluding carboxylic acids is 1. The van der Waals surface area contributed by atoms with Crippen molar-refractivity contribution in [3.63, 3.8) is 0 Å². The van der Waals surface area contributed by atoms with Gasteiger partial charge in [-0.3, -0.25) is 4.79 Å². The Bertz CT molecular complexity index is 1210. The SMILES string of the molecule is O=C(NCc1cccc(C(F)(F)F)c1)c1ccc2sc(C3=C[C@@H](O)[C@@H](O)[C@@H](CO)O3)nc2c1. The van der Waals surface area contributed by atoms with E-state index in [1.165, 1.54) is 35.6 Å². The number of hydrogen-bond acceptors (Lipinski definition) is 7. The number of alkyl halides is 3. The van der Waals surface area contributed by atoms with Crippen molar-refractivity contribution in [2.24, 2.45) is 0 Å². The van der Waals surface area contributed by atoms with Crippen molar-refractivity contribution in [1.82, 2.24) is 10.3 Å². The summed E-state index contributed by atoms with van der Waals surface area (Å²) in [6, 6.07) is 9.51. The van der Waals surface area contributed by atoms with Gasteiger partial charge in [-0.15, -0.1) is 11.3 Å². The van der Waals surface area contributed by atoms with Gasteiger partial charge in [-0.2, -0.15) is 13.2 Å². The second-order valence-electron chi connectivity index (χ2n) is 7.43. The second-order valence-corrected chi connectivity index (χ2v) is 8.46. The van der Waals surface area contributed by atoms with E-state index in [1.54, 1.807) is 12.1 Å². The molecule has 0 saturated heterocycles. The molecule has 3 atom stereocenters. The molecule has 174 valence electrons.